The zero-order chi connectivity index (χ0) is 25.1. The van der Waals surface area contributed by atoms with Crippen molar-refractivity contribution >= 4 is 29.3 Å². The van der Waals surface area contributed by atoms with Crippen LogP contribution in [-0.2, 0) is 5.75 Å². The third-order valence-electron chi connectivity index (χ3n) is 6.34. The Hall–Kier alpha value is -3.11. The molecule has 3 aromatic rings. The molecule has 0 unspecified atom stereocenters. The lowest BCUT2D eigenvalue weighted by molar-refractivity contribution is -0.173. The van der Waals surface area contributed by atoms with E-state index in [1.807, 2.05) is 30.3 Å². The summed E-state index contributed by atoms with van der Waals surface area (Å²) in [5.41, 5.74) is 1.14. The maximum atomic E-state index is 13.8. The molecule has 1 N–H and O–H groups in total. The summed E-state index contributed by atoms with van der Waals surface area (Å²) in [6.45, 7) is 0.440. The molecule has 1 amide bonds. The first-order valence-electron chi connectivity index (χ1n) is 10.7. The van der Waals surface area contributed by atoms with Crippen LogP contribution in [-0.4, -0.2) is 39.5 Å². The SMILES string of the molecule is C[C@@H](N1CN([C@@H]2c3ccccc3CSc3c(Cl)cccc32)n2ccc(=O)c(O)c2C1=O)C(F)(F)F. The van der Waals surface area contributed by atoms with Crippen molar-refractivity contribution in [3.63, 3.8) is 0 Å². The highest BCUT2D eigenvalue weighted by atomic mass is 35.5. The van der Waals surface area contributed by atoms with E-state index in [0.717, 1.165) is 34.6 Å². The minimum absolute atomic E-state index is 0.440. The van der Waals surface area contributed by atoms with Crippen LogP contribution in [0.1, 0.15) is 40.1 Å². The highest BCUT2D eigenvalue weighted by molar-refractivity contribution is 7.98. The van der Waals surface area contributed by atoms with Crippen molar-refractivity contribution in [3.8, 4) is 5.75 Å². The Labute approximate surface area is 207 Å². The van der Waals surface area contributed by atoms with E-state index < -0.39 is 47.7 Å². The normalized spacial score (nSPS) is 18.4. The Morgan fingerprint density at radius 3 is 2.54 bits per heavy atom. The van der Waals surface area contributed by atoms with E-state index in [9.17, 15) is 27.9 Å². The molecule has 0 fully saturated rings. The van der Waals surface area contributed by atoms with E-state index in [1.165, 1.54) is 22.6 Å². The third kappa shape index (κ3) is 3.84. The van der Waals surface area contributed by atoms with Gasteiger partial charge in [0.15, 0.2) is 11.4 Å². The highest BCUT2D eigenvalue weighted by Gasteiger charge is 2.47. The van der Waals surface area contributed by atoms with Crippen LogP contribution in [0, 0.1) is 0 Å². The topological polar surface area (TPSA) is 65.8 Å². The summed E-state index contributed by atoms with van der Waals surface area (Å²) in [5.74, 6) is -1.39. The molecule has 2 aromatic carbocycles. The number of carbonyl (C=O) groups is 1. The van der Waals surface area contributed by atoms with Gasteiger partial charge in [0.05, 0.1) is 11.1 Å². The fourth-order valence-corrected chi connectivity index (χ4v) is 5.96. The van der Waals surface area contributed by atoms with E-state index in [1.54, 1.807) is 17.1 Å². The second kappa shape index (κ2) is 8.53. The Bertz CT molecular complexity index is 1390. The van der Waals surface area contributed by atoms with E-state index in [2.05, 4.69) is 0 Å². The van der Waals surface area contributed by atoms with Crippen molar-refractivity contribution in [1.82, 2.24) is 9.58 Å². The molecular formula is C24H19ClF3N3O3S. The largest absolute Gasteiger partial charge is 0.502 e. The molecule has 3 heterocycles. The molecule has 5 rings (SSSR count). The Morgan fingerprint density at radius 2 is 1.80 bits per heavy atom. The molecule has 2 aliphatic rings. The van der Waals surface area contributed by atoms with Crippen LogP contribution in [0.5, 0.6) is 5.75 Å². The lowest BCUT2D eigenvalue weighted by Crippen LogP contribution is -2.60. The van der Waals surface area contributed by atoms with Crippen molar-refractivity contribution in [2.45, 2.75) is 35.8 Å². The van der Waals surface area contributed by atoms with Crippen molar-refractivity contribution < 1.29 is 23.1 Å². The summed E-state index contributed by atoms with van der Waals surface area (Å²) in [5, 5.41) is 12.6. The van der Waals surface area contributed by atoms with Gasteiger partial charge in [-0.2, -0.15) is 13.2 Å². The summed E-state index contributed by atoms with van der Waals surface area (Å²) in [4.78, 5) is 26.8. The third-order valence-corrected chi connectivity index (χ3v) is 7.97. The molecule has 0 bridgehead atoms. The number of carbonyl (C=O) groups excluding carboxylic acids is 1. The van der Waals surface area contributed by atoms with Gasteiger partial charge in [-0.05, 0) is 29.7 Å². The first-order valence-corrected chi connectivity index (χ1v) is 12.0. The molecule has 35 heavy (non-hydrogen) atoms. The second-order valence-electron chi connectivity index (χ2n) is 8.34. The Morgan fingerprint density at radius 1 is 1.09 bits per heavy atom. The molecule has 0 aliphatic carbocycles. The van der Waals surface area contributed by atoms with Crippen LogP contribution in [0.2, 0.25) is 5.02 Å². The van der Waals surface area contributed by atoms with Gasteiger partial charge in [-0.1, -0.05) is 48.0 Å². The Balaban J connectivity index is 1.79. The van der Waals surface area contributed by atoms with Gasteiger partial charge >= 0.3 is 6.18 Å². The van der Waals surface area contributed by atoms with Crippen LogP contribution in [0.15, 0.2) is 64.4 Å². The number of rotatable bonds is 2. The number of fused-ring (bicyclic) bond motifs is 3. The van der Waals surface area contributed by atoms with Crippen molar-refractivity contribution in [1.29, 1.82) is 0 Å². The lowest BCUT2D eigenvalue weighted by Gasteiger charge is -2.46. The summed E-state index contributed by atoms with van der Waals surface area (Å²) >= 11 is 8.05. The first-order chi connectivity index (χ1) is 16.6. The summed E-state index contributed by atoms with van der Waals surface area (Å²) in [6.07, 6.45) is -3.41. The minimum Gasteiger partial charge on any atom is -0.502 e. The fraction of sp³-hybridized carbons (Fsp3) is 0.250. The summed E-state index contributed by atoms with van der Waals surface area (Å²) in [6, 6.07) is 11.1. The van der Waals surface area contributed by atoms with Gasteiger partial charge in [0, 0.05) is 22.9 Å². The zero-order valence-electron chi connectivity index (χ0n) is 18.3. The molecule has 6 nitrogen and oxygen atoms in total. The summed E-state index contributed by atoms with van der Waals surface area (Å²) < 4.78 is 42.6. The maximum absolute atomic E-state index is 13.8. The number of alkyl halides is 3. The number of thioether (sulfide) groups is 1. The van der Waals surface area contributed by atoms with Gasteiger partial charge in [-0.15, -0.1) is 11.8 Å². The number of hydrogen-bond donors (Lipinski definition) is 1. The van der Waals surface area contributed by atoms with Gasteiger partial charge in [0.1, 0.15) is 12.7 Å². The van der Waals surface area contributed by atoms with Gasteiger partial charge in [-0.25, -0.2) is 0 Å². The molecule has 182 valence electrons. The van der Waals surface area contributed by atoms with Gasteiger partial charge in [0.25, 0.3) is 5.91 Å². The van der Waals surface area contributed by atoms with Gasteiger partial charge in [0.2, 0.25) is 5.43 Å². The monoisotopic (exact) mass is 521 g/mol. The van der Waals surface area contributed by atoms with E-state index in [-0.39, 0.29) is 0 Å². The molecule has 2 atom stereocenters. The molecule has 0 saturated heterocycles. The second-order valence-corrected chi connectivity index (χ2v) is 9.74. The number of amides is 1. The Kier molecular flexibility index (Phi) is 5.76. The number of aromatic nitrogens is 1. The molecule has 0 saturated carbocycles. The van der Waals surface area contributed by atoms with Crippen LogP contribution >= 0.6 is 23.4 Å². The quantitative estimate of drug-likeness (QED) is 0.519. The maximum Gasteiger partial charge on any atom is 0.408 e. The van der Waals surface area contributed by atoms with Gasteiger partial charge < -0.3 is 10.0 Å². The highest BCUT2D eigenvalue weighted by Crippen LogP contribution is 2.45. The molecule has 0 radical (unpaired) electrons. The molecular weight excluding hydrogens is 503 g/mol. The van der Waals surface area contributed by atoms with Crippen molar-refractivity contribution in [2.75, 3.05) is 11.7 Å². The van der Waals surface area contributed by atoms with E-state index >= 15 is 0 Å². The number of aromatic hydroxyl groups is 1. The average Bonchev–Trinajstić information content (AvgIpc) is 2.98. The predicted octanol–water partition coefficient (Wildman–Crippen LogP) is 4.90. The number of nitrogens with zero attached hydrogens (tertiary/aromatic N) is 3. The number of benzene rings is 2. The van der Waals surface area contributed by atoms with Crippen molar-refractivity contribution in [2.24, 2.45) is 0 Å². The number of pyridine rings is 1. The number of hydrogen-bond acceptors (Lipinski definition) is 5. The first kappa shape index (κ1) is 23.6. The van der Waals surface area contributed by atoms with Crippen LogP contribution in [0.4, 0.5) is 13.2 Å². The summed E-state index contributed by atoms with van der Waals surface area (Å²) in [7, 11) is 0. The molecule has 0 spiro atoms. The lowest BCUT2D eigenvalue weighted by atomic mass is 9.94. The van der Waals surface area contributed by atoms with Crippen LogP contribution < -0.4 is 10.4 Å². The van der Waals surface area contributed by atoms with Crippen molar-refractivity contribution in [3.05, 3.63) is 92.4 Å². The average molecular weight is 522 g/mol. The fourth-order valence-electron chi connectivity index (χ4n) is 4.50. The zero-order valence-corrected chi connectivity index (χ0v) is 19.9. The molecule has 1 aromatic heterocycles. The van der Waals surface area contributed by atoms with E-state index in [4.69, 9.17) is 11.6 Å². The standard InChI is InChI=1S/C24H19ClF3N3O3S/c1-13(24(26,27)28)29-12-31(30-10-9-18(32)21(33)20(30)23(29)34)19-15-6-3-2-5-14(15)11-35-22-16(19)7-4-8-17(22)25/h2-10,13,19,33H,11-12H2,1H3/t13-,19-/m1/s1. The minimum atomic E-state index is -4.72. The van der Waals surface area contributed by atoms with Crippen LogP contribution in [0.3, 0.4) is 0 Å². The number of halogens is 4. The predicted molar refractivity (Wildman–Crippen MR) is 126 cm³/mol. The molecule has 11 heteroatoms. The van der Waals surface area contributed by atoms with E-state index in [0.29, 0.717) is 15.7 Å². The smallest absolute Gasteiger partial charge is 0.408 e. The molecule has 2 aliphatic heterocycles. The van der Waals surface area contributed by atoms with Crippen LogP contribution in [0.25, 0.3) is 0 Å². The van der Waals surface area contributed by atoms with Gasteiger partial charge in [-0.3, -0.25) is 19.3 Å².